The maximum atomic E-state index is 12.2. The van der Waals surface area contributed by atoms with Gasteiger partial charge in [-0.2, -0.15) is 9.97 Å². The number of fused-ring (bicyclic) bond motifs is 1. The molecule has 10 heteroatoms. The lowest BCUT2D eigenvalue weighted by Gasteiger charge is -2.15. The molecule has 2 heterocycles. The molecule has 1 amide bonds. The Labute approximate surface area is 210 Å². The van der Waals surface area contributed by atoms with Crippen molar-refractivity contribution in [1.82, 2.24) is 25.3 Å². The second-order valence-electron chi connectivity index (χ2n) is 7.69. The van der Waals surface area contributed by atoms with Crippen molar-refractivity contribution >= 4 is 34.8 Å². The Hall–Kier alpha value is -4.70. The number of anilines is 2. The number of carbonyl (C=O) groups is 2. The van der Waals surface area contributed by atoms with Crippen molar-refractivity contribution in [2.24, 2.45) is 0 Å². The van der Waals surface area contributed by atoms with Gasteiger partial charge in [0.1, 0.15) is 0 Å². The van der Waals surface area contributed by atoms with Gasteiger partial charge < -0.3 is 21.9 Å². The van der Waals surface area contributed by atoms with Gasteiger partial charge in [0.2, 0.25) is 5.95 Å². The maximum absolute atomic E-state index is 12.2. The van der Waals surface area contributed by atoms with E-state index in [1.807, 2.05) is 26.0 Å². The molecule has 0 radical (unpaired) electrons. The zero-order chi connectivity index (χ0) is 26.5. The van der Waals surface area contributed by atoms with E-state index >= 15 is 0 Å². The molecule has 186 valence electrons. The summed E-state index contributed by atoms with van der Waals surface area (Å²) in [7, 11) is 0. The average Bonchev–Trinajstić information content (AvgIpc) is 2.86. The molecule has 6 N–H and O–H groups in total. The summed E-state index contributed by atoms with van der Waals surface area (Å²) in [5.74, 6) is 7.04. The van der Waals surface area contributed by atoms with Crippen LogP contribution in [0.5, 0.6) is 0 Å². The van der Waals surface area contributed by atoms with E-state index < -0.39 is 5.97 Å². The van der Waals surface area contributed by atoms with E-state index in [1.165, 1.54) is 0 Å². The predicted octanol–water partition coefficient (Wildman–Crippen LogP) is 2.56. The van der Waals surface area contributed by atoms with Crippen LogP contribution >= 0.6 is 0 Å². The standard InChI is InChI=1S/C22H23N7O3.C4H6/c1-2-4-15(11-16-12-26-20-18(27-16)19(23)28-22(24)29-20)13-6-8-14(9-7-13)21(32)25-10-3-5-17(30)31;1-3-4-2/h1,6-9,12,15H,3-5,10-11H2,(H,25,32)(H,30,31)(H4,23,24,26,28,29);1-2H3. The smallest absolute Gasteiger partial charge is 0.303 e. The molecule has 3 rings (SSSR count). The summed E-state index contributed by atoms with van der Waals surface area (Å²) in [6, 6.07) is 7.12. The molecule has 1 atom stereocenters. The molecule has 1 aromatic carbocycles. The van der Waals surface area contributed by atoms with Crippen molar-refractivity contribution in [3.05, 3.63) is 47.3 Å². The van der Waals surface area contributed by atoms with Crippen molar-refractivity contribution in [3.8, 4) is 24.2 Å². The van der Waals surface area contributed by atoms with Crippen LogP contribution < -0.4 is 16.8 Å². The van der Waals surface area contributed by atoms with Crippen molar-refractivity contribution in [2.75, 3.05) is 18.0 Å². The maximum Gasteiger partial charge on any atom is 0.303 e. The number of amides is 1. The number of nitrogens with one attached hydrogen (secondary N) is 1. The number of hydrogen-bond donors (Lipinski definition) is 4. The summed E-state index contributed by atoms with van der Waals surface area (Å²) in [6.45, 7) is 3.94. The van der Waals surface area contributed by atoms with Gasteiger partial charge in [0.15, 0.2) is 17.0 Å². The molecule has 0 bridgehead atoms. The lowest BCUT2D eigenvalue weighted by atomic mass is 9.91. The highest BCUT2D eigenvalue weighted by Crippen LogP contribution is 2.25. The highest BCUT2D eigenvalue weighted by molar-refractivity contribution is 5.94. The molecule has 0 aliphatic heterocycles. The van der Waals surface area contributed by atoms with Crippen LogP contribution in [0.25, 0.3) is 11.2 Å². The fourth-order valence-corrected chi connectivity index (χ4v) is 3.23. The number of nitrogens with two attached hydrogens (primary N) is 2. The van der Waals surface area contributed by atoms with Gasteiger partial charge in [-0.15, -0.1) is 24.2 Å². The first kappa shape index (κ1) is 27.5. The Morgan fingerprint density at radius 2 is 1.81 bits per heavy atom. The summed E-state index contributed by atoms with van der Waals surface area (Å²) in [5, 5.41) is 11.4. The molecule has 1 unspecified atom stereocenters. The SMILES string of the molecule is C#CCC(Cc1cnc2nc(N)nc(N)c2n1)c1ccc(C(=O)NCCCC(=O)O)cc1.CC#CC. The average molecular weight is 488 g/mol. The fraction of sp³-hybridized carbons (Fsp3) is 0.308. The van der Waals surface area contributed by atoms with E-state index in [0.717, 1.165) is 5.56 Å². The monoisotopic (exact) mass is 487 g/mol. The zero-order valence-corrected chi connectivity index (χ0v) is 20.3. The van der Waals surface area contributed by atoms with Gasteiger partial charge in [0.25, 0.3) is 5.91 Å². The molecule has 36 heavy (non-hydrogen) atoms. The van der Waals surface area contributed by atoms with Crippen molar-refractivity contribution < 1.29 is 14.7 Å². The molecule has 3 aromatic rings. The first-order valence-corrected chi connectivity index (χ1v) is 11.2. The van der Waals surface area contributed by atoms with Crippen LogP contribution in [0.1, 0.15) is 60.6 Å². The molecule has 0 aliphatic carbocycles. The second kappa shape index (κ2) is 13.9. The number of carboxylic acids is 1. The number of hydrogen-bond acceptors (Lipinski definition) is 8. The number of nitrogen functional groups attached to an aromatic ring is 2. The third kappa shape index (κ3) is 8.26. The molecule has 2 aromatic heterocycles. The summed E-state index contributed by atoms with van der Waals surface area (Å²) in [4.78, 5) is 39.5. The minimum Gasteiger partial charge on any atom is -0.481 e. The van der Waals surface area contributed by atoms with Crippen molar-refractivity contribution in [2.45, 2.75) is 45.4 Å². The molecule has 0 fully saturated rings. The fourth-order valence-electron chi connectivity index (χ4n) is 3.23. The Bertz CT molecular complexity index is 1300. The van der Waals surface area contributed by atoms with E-state index in [4.69, 9.17) is 23.0 Å². The van der Waals surface area contributed by atoms with Gasteiger partial charge in [-0.3, -0.25) is 9.59 Å². The summed E-state index contributed by atoms with van der Waals surface area (Å²) < 4.78 is 0. The van der Waals surface area contributed by atoms with E-state index in [9.17, 15) is 9.59 Å². The molecule has 0 spiro atoms. The largest absolute Gasteiger partial charge is 0.481 e. The zero-order valence-electron chi connectivity index (χ0n) is 20.3. The number of carboxylic acid groups (broad SMARTS) is 1. The van der Waals surface area contributed by atoms with Gasteiger partial charge in [0.05, 0.1) is 11.9 Å². The minimum atomic E-state index is -0.890. The van der Waals surface area contributed by atoms with Gasteiger partial charge in [0, 0.05) is 30.9 Å². The number of aromatic nitrogens is 4. The Kier molecular flexibility index (Phi) is 10.6. The van der Waals surface area contributed by atoms with Crippen LogP contribution in [0.4, 0.5) is 11.8 Å². The molecule has 0 saturated heterocycles. The summed E-state index contributed by atoms with van der Waals surface area (Å²) >= 11 is 0. The number of terminal acetylenes is 1. The third-order valence-corrected chi connectivity index (χ3v) is 5.07. The molecule has 0 saturated carbocycles. The first-order valence-electron chi connectivity index (χ1n) is 11.2. The normalized spacial score (nSPS) is 10.7. The van der Waals surface area contributed by atoms with Gasteiger partial charge >= 0.3 is 5.97 Å². The van der Waals surface area contributed by atoms with E-state index in [-0.39, 0.29) is 30.0 Å². The van der Waals surface area contributed by atoms with Crippen LogP contribution in [0.15, 0.2) is 30.5 Å². The summed E-state index contributed by atoms with van der Waals surface area (Å²) in [6.07, 6.45) is 8.54. The number of nitrogens with zero attached hydrogens (tertiary/aromatic N) is 4. The Morgan fingerprint density at radius 3 is 2.42 bits per heavy atom. The topological polar surface area (TPSA) is 170 Å². The van der Waals surface area contributed by atoms with Crippen LogP contribution in [0, 0.1) is 24.2 Å². The van der Waals surface area contributed by atoms with E-state index in [0.29, 0.717) is 48.2 Å². The Balaban J connectivity index is 0.00000106. The van der Waals surface area contributed by atoms with Crippen LogP contribution in [0.3, 0.4) is 0 Å². The minimum absolute atomic E-state index is 0.00973. The van der Waals surface area contributed by atoms with Gasteiger partial charge in [-0.05, 0) is 44.4 Å². The number of carbonyl (C=O) groups excluding carboxylic acids is 1. The van der Waals surface area contributed by atoms with E-state index in [1.54, 1.807) is 18.3 Å². The van der Waals surface area contributed by atoms with Crippen molar-refractivity contribution in [3.63, 3.8) is 0 Å². The predicted molar refractivity (Wildman–Crippen MR) is 139 cm³/mol. The van der Waals surface area contributed by atoms with E-state index in [2.05, 4.69) is 43.0 Å². The number of benzene rings is 1. The van der Waals surface area contributed by atoms with Gasteiger partial charge in [-0.1, -0.05) is 12.1 Å². The second-order valence-corrected chi connectivity index (χ2v) is 7.69. The van der Waals surface area contributed by atoms with Gasteiger partial charge in [-0.25, -0.2) is 9.97 Å². The first-order chi connectivity index (χ1) is 17.3. The number of aliphatic carboxylic acids is 1. The lowest BCUT2D eigenvalue weighted by molar-refractivity contribution is -0.137. The third-order valence-electron chi connectivity index (χ3n) is 5.07. The molecular weight excluding hydrogens is 458 g/mol. The quantitative estimate of drug-likeness (QED) is 0.261. The number of rotatable bonds is 9. The highest BCUT2D eigenvalue weighted by Gasteiger charge is 2.16. The highest BCUT2D eigenvalue weighted by atomic mass is 16.4. The van der Waals surface area contributed by atoms with Crippen LogP contribution in [-0.2, 0) is 11.2 Å². The molecule has 10 nitrogen and oxygen atoms in total. The summed E-state index contributed by atoms with van der Waals surface area (Å²) in [5.41, 5.74) is 14.3. The molecule has 0 aliphatic rings. The van der Waals surface area contributed by atoms with Crippen LogP contribution in [-0.4, -0.2) is 43.5 Å². The Morgan fingerprint density at radius 1 is 1.11 bits per heavy atom. The lowest BCUT2D eigenvalue weighted by Crippen LogP contribution is -2.24. The molecular formula is C26H29N7O3. The van der Waals surface area contributed by atoms with Crippen molar-refractivity contribution in [1.29, 1.82) is 0 Å². The van der Waals surface area contributed by atoms with Crippen LogP contribution in [0.2, 0.25) is 0 Å².